The number of fused-ring (bicyclic) bond motifs is 1. The highest BCUT2D eigenvalue weighted by Gasteiger charge is 2.30. The van der Waals surface area contributed by atoms with Crippen LogP contribution in [0.1, 0.15) is 41.8 Å². The van der Waals surface area contributed by atoms with Crippen LogP contribution in [0.5, 0.6) is 5.75 Å². The molecule has 3 nitrogen and oxygen atoms in total. The molecular weight excluding hydrogens is 336 g/mol. The number of benzene rings is 1. The Hall–Kier alpha value is -0.910. The van der Waals surface area contributed by atoms with Gasteiger partial charge in [0, 0.05) is 27.9 Å². The molecule has 0 bridgehead atoms. The van der Waals surface area contributed by atoms with Crippen LogP contribution in [-0.4, -0.2) is 11.5 Å². The van der Waals surface area contributed by atoms with E-state index in [1.807, 2.05) is 13.0 Å². The first-order chi connectivity index (χ1) is 9.67. The summed E-state index contributed by atoms with van der Waals surface area (Å²) in [6, 6.07) is 6.57. The largest absolute Gasteiger partial charge is 0.484 e. The quantitative estimate of drug-likeness (QED) is 0.889. The van der Waals surface area contributed by atoms with Gasteiger partial charge in [0.2, 0.25) is 0 Å². The van der Waals surface area contributed by atoms with Crippen molar-refractivity contribution in [2.75, 3.05) is 6.54 Å². The van der Waals surface area contributed by atoms with E-state index in [0.29, 0.717) is 6.04 Å². The van der Waals surface area contributed by atoms with Crippen LogP contribution in [0.4, 0.5) is 0 Å². The highest BCUT2D eigenvalue weighted by atomic mass is 79.9. The van der Waals surface area contributed by atoms with Crippen LogP contribution >= 0.6 is 27.3 Å². The van der Waals surface area contributed by atoms with Crippen LogP contribution in [0, 0.1) is 6.92 Å². The minimum Gasteiger partial charge on any atom is -0.484 e. The first kappa shape index (κ1) is 14.0. The van der Waals surface area contributed by atoms with Crippen molar-refractivity contribution in [2.24, 2.45) is 0 Å². The first-order valence-electron chi connectivity index (χ1n) is 6.79. The number of hydrogen-bond donors (Lipinski definition) is 1. The Bertz CT molecular complexity index is 614. The Morgan fingerprint density at radius 1 is 1.50 bits per heavy atom. The third-order valence-electron chi connectivity index (χ3n) is 3.49. The Morgan fingerprint density at radius 2 is 2.35 bits per heavy atom. The maximum Gasteiger partial charge on any atom is 0.143 e. The van der Waals surface area contributed by atoms with Crippen molar-refractivity contribution in [3.63, 3.8) is 0 Å². The predicted octanol–water partition coefficient (Wildman–Crippen LogP) is 4.39. The zero-order chi connectivity index (χ0) is 14.1. The van der Waals surface area contributed by atoms with Crippen molar-refractivity contribution in [1.82, 2.24) is 10.3 Å². The number of aromatic nitrogens is 1. The van der Waals surface area contributed by atoms with E-state index in [-0.39, 0.29) is 6.10 Å². The van der Waals surface area contributed by atoms with Gasteiger partial charge in [-0.15, -0.1) is 11.3 Å². The summed E-state index contributed by atoms with van der Waals surface area (Å²) in [6.07, 6.45) is 0.955. The van der Waals surface area contributed by atoms with E-state index >= 15 is 0 Å². The number of nitrogens with one attached hydrogen (secondary N) is 1. The second-order valence-corrected chi connectivity index (χ2v) is 6.90. The minimum absolute atomic E-state index is 0.0331. The maximum atomic E-state index is 6.16. The second-order valence-electron chi connectivity index (χ2n) is 4.93. The van der Waals surface area contributed by atoms with Crippen molar-refractivity contribution >= 4 is 27.3 Å². The van der Waals surface area contributed by atoms with E-state index in [1.54, 1.807) is 11.3 Å². The molecule has 1 aromatic carbocycles. The molecule has 2 heterocycles. The molecule has 5 heteroatoms. The molecule has 2 unspecified atom stereocenters. The van der Waals surface area contributed by atoms with Crippen LogP contribution in [0.2, 0.25) is 0 Å². The Morgan fingerprint density at radius 3 is 3.05 bits per heavy atom. The van der Waals surface area contributed by atoms with Crippen molar-refractivity contribution < 1.29 is 4.74 Å². The summed E-state index contributed by atoms with van der Waals surface area (Å²) < 4.78 is 7.21. The number of ether oxygens (including phenoxy) is 1. The smallest absolute Gasteiger partial charge is 0.143 e. The lowest BCUT2D eigenvalue weighted by Gasteiger charge is -2.32. The van der Waals surface area contributed by atoms with E-state index in [2.05, 4.69) is 50.7 Å². The summed E-state index contributed by atoms with van der Waals surface area (Å²) in [5.41, 5.74) is 2.28. The lowest BCUT2D eigenvalue weighted by Crippen LogP contribution is -2.29. The highest BCUT2D eigenvalue weighted by molar-refractivity contribution is 9.10. The normalized spacial score (nSPS) is 21.4. The SMILES string of the molecule is CCNC1CC(c2csc(C)n2)Oc2cc(Br)ccc21. The zero-order valence-electron chi connectivity index (χ0n) is 11.5. The summed E-state index contributed by atoms with van der Waals surface area (Å²) >= 11 is 5.19. The summed E-state index contributed by atoms with van der Waals surface area (Å²) in [7, 11) is 0. The molecule has 20 heavy (non-hydrogen) atoms. The average molecular weight is 353 g/mol. The molecule has 2 aromatic rings. The van der Waals surface area contributed by atoms with Gasteiger partial charge in [-0.25, -0.2) is 4.98 Å². The Labute approximate surface area is 131 Å². The van der Waals surface area contributed by atoms with Crippen LogP contribution < -0.4 is 10.1 Å². The van der Waals surface area contributed by atoms with Gasteiger partial charge in [0.25, 0.3) is 0 Å². The lowest BCUT2D eigenvalue weighted by molar-refractivity contribution is 0.148. The first-order valence-corrected chi connectivity index (χ1v) is 8.46. The van der Waals surface area contributed by atoms with Crippen LogP contribution in [0.15, 0.2) is 28.1 Å². The fourth-order valence-corrected chi connectivity index (χ4v) is 3.58. The van der Waals surface area contributed by atoms with Crippen LogP contribution in [0.25, 0.3) is 0 Å². The summed E-state index contributed by atoms with van der Waals surface area (Å²) in [4.78, 5) is 4.58. The molecule has 0 spiro atoms. The molecule has 1 aromatic heterocycles. The summed E-state index contributed by atoms with van der Waals surface area (Å²) in [5.74, 6) is 0.951. The molecule has 0 amide bonds. The standard InChI is InChI=1S/C15H17BrN2OS/c1-3-17-12-7-15(13-8-20-9(2)18-13)19-14-6-10(16)4-5-11(12)14/h4-6,8,12,15,17H,3,7H2,1-2H3. The predicted molar refractivity (Wildman–Crippen MR) is 85.4 cm³/mol. The van der Waals surface area contributed by atoms with Gasteiger partial charge in [-0.2, -0.15) is 0 Å². The van der Waals surface area contributed by atoms with Crippen molar-refractivity contribution in [3.8, 4) is 5.75 Å². The highest BCUT2D eigenvalue weighted by Crippen LogP contribution is 2.41. The Kier molecular flexibility index (Phi) is 4.10. The number of hydrogen-bond acceptors (Lipinski definition) is 4. The van der Waals surface area contributed by atoms with Gasteiger partial charge in [0.05, 0.1) is 10.7 Å². The Balaban J connectivity index is 1.94. The molecule has 106 valence electrons. The monoisotopic (exact) mass is 352 g/mol. The fraction of sp³-hybridized carbons (Fsp3) is 0.400. The van der Waals surface area contributed by atoms with Gasteiger partial charge < -0.3 is 10.1 Å². The van der Waals surface area contributed by atoms with Crippen molar-refractivity contribution in [3.05, 3.63) is 44.3 Å². The van der Waals surface area contributed by atoms with Gasteiger partial charge >= 0.3 is 0 Å². The van der Waals surface area contributed by atoms with E-state index in [0.717, 1.165) is 33.9 Å². The maximum absolute atomic E-state index is 6.16. The number of rotatable bonds is 3. The van der Waals surface area contributed by atoms with E-state index in [1.165, 1.54) is 5.56 Å². The number of aryl methyl sites for hydroxylation is 1. The number of thiazole rings is 1. The third kappa shape index (κ3) is 2.75. The van der Waals surface area contributed by atoms with E-state index in [4.69, 9.17) is 4.74 Å². The molecule has 1 aliphatic heterocycles. The van der Waals surface area contributed by atoms with Crippen molar-refractivity contribution in [1.29, 1.82) is 0 Å². The van der Waals surface area contributed by atoms with Crippen LogP contribution in [-0.2, 0) is 0 Å². The lowest BCUT2D eigenvalue weighted by atomic mass is 9.95. The summed E-state index contributed by atoms with van der Waals surface area (Å²) in [5, 5.41) is 6.74. The third-order valence-corrected chi connectivity index (χ3v) is 4.77. The van der Waals surface area contributed by atoms with Gasteiger partial charge in [0.1, 0.15) is 11.9 Å². The van der Waals surface area contributed by atoms with Gasteiger partial charge in [-0.1, -0.05) is 28.9 Å². The second kappa shape index (κ2) is 5.84. The molecule has 1 N–H and O–H groups in total. The van der Waals surface area contributed by atoms with E-state index in [9.17, 15) is 0 Å². The summed E-state index contributed by atoms with van der Waals surface area (Å²) in [6.45, 7) is 5.11. The molecular formula is C15H17BrN2OS. The molecule has 0 saturated heterocycles. The topological polar surface area (TPSA) is 34.2 Å². The zero-order valence-corrected chi connectivity index (χ0v) is 13.9. The number of halogens is 1. The van der Waals surface area contributed by atoms with Crippen LogP contribution in [0.3, 0.4) is 0 Å². The molecule has 0 saturated carbocycles. The van der Waals surface area contributed by atoms with Crippen molar-refractivity contribution in [2.45, 2.75) is 32.4 Å². The molecule has 1 aliphatic rings. The van der Waals surface area contributed by atoms with Gasteiger partial charge in [-0.3, -0.25) is 0 Å². The number of nitrogens with zero attached hydrogens (tertiary/aromatic N) is 1. The van der Waals surface area contributed by atoms with Gasteiger partial charge in [-0.05, 0) is 25.6 Å². The minimum atomic E-state index is 0.0331. The molecule has 0 fully saturated rings. The molecule has 0 aliphatic carbocycles. The average Bonchev–Trinajstić information content (AvgIpc) is 2.85. The van der Waals surface area contributed by atoms with Gasteiger partial charge in [0.15, 0.2) is 0 Å². The fourth-order valence-electron chi connectivity index (χ4n) is 2.59. The molecule has 2 atom stereocenters. The molecule has 3 rings (SSSR count). The molecule has 0 radical (unpaired) electrons. The van der Waals surface area contributed by atoms with E-state index < -0.39 is 0 Å².